The summed E-state index contributed by atoms with van der Waals surface area (Å²) in [6, 6.07) is 0. The third-order valence-corrected chi connectivity index (χ3v) is 0. The van der Waals surface area contributed by atoms with Crippen LogP contribution in [-0.4, -0.2) is 51.4 Å². The molecule has 0 aliphatic heterocycles. The van der Waals surface area contributed by atoms with Gasteiger partial charge in [0.1, 0.15) is 0 Å². The molecule has 21 valence electrons. The van der Waals surface area contributed by atoms with Crippen LogP contribution in [0.2, 0.25) is 0 Å². The van der Waals surface area contributed by atoms with Gasteiger partial charge >= 0.3 is 49.9 Å². The van der Waals surface area contributed by atoms with Gasteiger partial charge in [-0.15, -0.1) is 0 Å². The maximum Gasteiger partial charge on any atom is 0 e. The minimum atomic E-state index is 0. The van der Waals surface area contributed by atoms with E-state index in [1.165, 1.54) is 0 Å². The van der Waals surface area contributed by atoms with Gasteiger partial charge in [-0.1, -0.05) is 0 Å². The second kappa shape index (κ2) is 9.92. The van der Waals surface area contributed by atoms with Crippen molar-refractivity contribution in [1.29, 1.82) is 0 Å². The Labute approximate surface area is 97.9 Å². The van der Waals surface area contributed by atoms with Gasteiger partial charge in [-0.3, -0.25) is 0 Å². The van der Waals surface area contributed by atoms with Crippen molar-refractivity contribution in [1.82, 2.24) is 0 Å². The molecule has 0 spiro atoms. The monoisotopic (exact) mass is 477 g/mol. The molecule has 0 N–H and O–H groups in total. The predicted molar refractivity (Wildman–Crippen MR) is 33.8 cm³/mol. The molecule has 0 amide bonds. The summed E-state index contributed by atoms with van der Waals surface area (Å²) in [6.07, 6.45) is 0. The van der Waals surface area contributed by atoms with Crippen LogP contribution >= 0.6 is 38.7 Å². The largest absolute Gasteiger partial charge is 0 e. The summed E-state index contributed by atoms with van der Waals surface area (Å²) < 4.78 is 0. The van der Waals surface area contributed by atoms with Crippen molar-refractivity contribution in [2.75, 3.05) is 0 Å². The van der Waals surface area contributed by atoms with E-state index < -0.39 is 0 Å². The van der Waals surface area contributed by atoms with Crippen LogP contribution < -0.4 is 0 Å². The van der Waals surface area contributed by atoms with Crippen LogP contribution in [0.25, 0.3) is 0 Å². The molecule has 0 nitrogen and oxygen atoms in total. The molecule has 0 aromatic carbocycles. The zero-order chi connectivity index (χ0) is 2.71. The average molecular weight is 477 g/mol. The van der Waals surface area contributed by atoms with E-state index >= 15 is 0 Å². The van der Waals surface area contributed by atoms with Gasteiger partial charge < -0.3 is 0 Å². The molecule has 0 aliphatic carbocycles. The van der Waals surface area contributed by atoms with Crippen LogP contribution in [-0.2, 0) is 11.2 Å². The van der Waals surface area contributed by atoms with E-state index in [0.29, 0.717) is 0 Å². The smallest absolute Gasteiger partial charge is 0 e. The molecule has 4 heteroatoms. The first-order valence-corrected chi connectivity index (χ1v) is 16.9. The zero-order valence-electron chi connectivity index (χ0n) is 2.16. The van der Waals surface area contributed by atoms with E-state index in [1.54, 1.807) is 0 Å². The van der Waals surface area contributed by atoms with Gasteiger partial charge in [0.2, 0.25) is 0 Å². The van der Waals surface area contributed by atoms with Gasteiger partial charge in [0, 0.05) is 51.4 Å². The van der Waals surface area contributed by atoms with Gasteiger partial charge in [0.15, 0.2) is 0 Å². The Hall–Kier alpha value is 3.78. The van der Waals surface area contributed by atoms with Gasteiger partial charge in [-0.25, -0.2) is 0 Å². The van der Waals surface area contributed by atoms with E-state index in [-0.39, 0.29) is 62.6 Å². The van der Waals surface area contributed by atoms with Crippen molar-refractivity contribution in [3.8, 4) is 0 Å². The summed E-state index contributed by atoms with van der Waals surface area (Å²) in [6.45, 7) is 0. The average Bonchev–Trinajstić information content (AvgIpc) is 0.918. The van der Waals surface area contributed by atoms with Crippen molar-refractivity contribution >= 4 is 90.1 Å². The maximum absolute atomic E-state index is 2.44. The van der Waals surface area contributed by atoms with E-state index in [2.05, 4.69) is 38.7 Å². The second-order valence-corrected chi connectivity index (χ2v) is 21.5. The van der Waals surface area contributed by atoms with Crippen molar-refractivity contribution in [3.05, 3.63) is 0 Å². The molecule has 0 heterocycles. The minimum absolute atomic E-state index is 0. The minimum Gasteiger partial charge on any atom is 0 e. The number of hydrogen-bond donors (Lipinski definition) is 0. The molecule has 0 aromatic rings. The molecule has 0 fully saturated rings. The van der Waals surface area contributed by atoms with Gasteiger partial charge in [-0.2, -0.15) is 0 Å². The Morgan fingerprint density at radius 2 is 1.25 bits per heavy atom. The molecule has 0 aliphatic rings. The van der Waals surface area contributed by atoms with Crippen LogP contribution in [0.3, 0.4) is 0 Å². The number of halogens is 2. The van der Waals surface area contributed by atoms with E-state index in [0.717, 1.165) is 0 Å². The second-order valence-electron chi connectivity index (χ2n) is 0.0583. The third-order valence-electron chi connectivity index (χ3n) is 0. The molecule has 0 rings (SSSR count). The van der Waals surface area contributed by atoms with Crippen molar-refractivity contribution in [2.45, 2.75) is 0 Å². The molecule has 4 heavy (non-hydrogen) atoms. The first-order valence-electron chi connectivity index (χ1n) is 0.309. The summed E-state index contributed by atoms with van der Waals surface area (Å²) in [7, 11) is 0. The number of hydrogen-bond acceptors (Lipinski definition) is 0. The molecule has 0 unspecified atom stereocenters. The van der Waals surface area contributed by atoms with Crippen LogP contribution in [0.4, 0.5) is 0 Å². The van der Waals surface area contributed by atoms with Crippen LogP contribution in [0, 0.1) is 0 Å². The molecular formula is I2KW. The fourth-order valence-corrected chi connectivity index (χ4v) is 0. The summed E-state index contributed by atoms with van der Waals surface area (Å²) in [4.78, 5) is 0. The van der Waals surface area contributed by atoms with Crippen LogP contribution in [0.15, 0.2) is 0 Å². The normalized spacial score (nSPS) is 4.50. The molecule has 0 bridgehead atoms. The summed E-state index contributed by atoms with van der Waals surface area (Å²) in [5, 5.41) is 0. The summed E-state index contributed by atoms with van der Waals surface area (Å²) >= 11 is 5.07. The molecule has 0 saturated heterocycles. The maximum atomic E-state index is 2.44. The number of rotatable bonds is 0. The van der Waals surface area contributed by atoms with Crippen LogP contribution in [0.5, 0.6) is 0 Å². The van der Waals surface area contributed by atoms with E-state index in [4.69, 9.17) is 0 Å². The molecule has 1 radical (unpaired) electrons. The summed E-state index contributed by atoms with van der Waals surface area (Å²) in [5.74, 6) is 0. The van der Waals surface area contributed by atoms with Crippen molar-refractivity contribution in [2.24, 2.45) is 0 Å². The topological polar surface area (TPSA) is 0 Å². The molecule has 0 atom stereocenters. The van der Waals surface area contributed by atoms with Crippen molar-refractivity contribution < 1.29 is 11.2 Å². The Morgan fingerprint density at radius 1 is 1.25 bits per heavy atom. The van der Waals surface area contributed by atoms with E-state index in [9.17, 15) is 0 Å². The fourth-order valence-electron chi connectivity index (χ4n) is 0. The van der Waals surface area contributed by atoms with Gasteiger partial charge in [0.25, 0.3) is 0 Å². The Balaban J connectivity index is 0. The molecule has 0 aromatic heterocycles. The Morgan fingerprint density at radius 3 is 1.25 bits per heavy atom. The Bertz CT molecular complexity index is 6.00. The van der Waals surface area contributed by atoms with Crippen molar-refractivity contribution in [3.63, 3.8) is 0 Å². The SMILES string of the molecule is [I][W][I].[K]. The standard InChI is InChI=1S/2HI.K.W/h2*1H;;/q;;;+2/p-2. The van der Waals surface area contributed by atoms with Gasteiger partial charge in [0.05, 0.1) is 0 Å². The van der Waals surface area contributed by atoms with Crippen LogP contribution in [0.1, 0.15) is 0 Å². The van der Waals surface area contributed by atoms with Gasteiger partial charge in [-0.05, 0) is 0 Å². The fraction of sp³-hybridized carbons (Fsp3) is 0. The first kappa shape index (κ1) is 10.7. The molecule has 0 saturated carbocycles. The summed E-state index contributed by atoms with van der Waals surface area (Å²) in [5.41, 5.74) is 0. The molecular weight excluding hydrogens is 477 g/mol. The first-order chi connectivity index (χ1) is 1.41. The third kappa shape index (κ3) is 9.25. The predicted octanol–water partition coefficient (Wildman–Crippen LogP) is 1.39. The quantitative estimate of drug-likeness (QED) is 0.366. The zero-order valence-corrected chi connectivity index (χ0v) is 12.5. The van der Waals surface area contributed by atoms with E-state index in [1.807, 2.05) is 0 Å². The Kier molecular flexibility index (Phi) is 26.5.